The molecule has 6 nitrogen and oxygen atoms in total. The second-order valence-electron chi connectivity index (χ2n) is 8.74. The highest BCUT2D eigenvalue weighted by atomic mass is 19.1. The SMILES string of the molecule is CC(C)N1CCc2cc3cc(-n4ccc(OCc5ccc(F)cn5)cc4=O)ccc3n2CC1. The summed E-state index contributed by atoms with van der Waals surface area (Å²) in [5, 5.41) is 1.15. The van der Waals surface area contributed by atoms with E-state index in [-0.39, 0.29) is 12.2 Å². The van der Waals surface area contributed by atoms with Crippen molar-refractivity contribution in [1.29, 1.82) is 0 Å². The average Bonchev–Trinajstić information content (AvgIpc) is 3.01. The van der Waals surface area contributed by atoms with E-state index in [0.29, 0.717) is 17.5 Å². The molecule has 5 rings (SSSR count). The van der Waals surface area contributed by atoms with E-state index < -0.39 is 5.82 Å². The lowest BCUT2D eigenvalue weighted by Crippen LogP contribution is -2.33. The van der Waals surface area contributed by atoms with E-state index in [1.54, 1.807) is 22.9 Å². The largest absolute Gasteiger partial charge is 0.487 e. The van der Waals surface area contributed by atoms with Crippen molar-refractivity contribution >= 4 is 10.9 Å². The standard InChI is InChI=1S/C26H27FN4O2/c1-18(2)29-9-7-23-14-19-13-22(5-6-25(19)30(23)12-11-29)31-10-8-24(15-26(31)32)33-17-21-4-3-20(27)16-28-21/h3-6,8,10,13-16,18H,7,9,11-12,17H2,1-2H3. The van der Waals surface area contributed by atoms with Crippen LogP contribution in [0.3, 0.4) is 0 Å². The Morgan fingerprint density at radius 1 is 1.06 bits per heavy atom. The number of halogens is 1. The number of rotatable bonds is 5. The van der Waals surface area contributed by atoms with E-state index in [4.69, 9.17) is 4.74 Å². The van der Waals surface area contributed by atoms with Crippen molar-refractivity contribution in [3.05, 3.63) is 88.5 Å². The summed E-state index contributed by atoms with van der Waals surface area (Å²) in [5.74, 6) is 0.0595. The minimum Gasteiger partial charge on any atom is -0.487 e. The molecular formula is C26H27FN4O2. The summed E-state index contributed by atoms with van der Waals surface area (Å²) < 4.78 is 22.7. The molecule has 1 aliphatic heterocycles. The number of nitrogens with zero attached hydrogens (tertiary/aromatic N) is 4. The summed E-state index contributed by atoms with van der Waals surface area (Å²) in [5.41, 5.74) is 3.79. The Kier molecular flexibility index (Phi) is 5.72. The van der Waals surface area contributed by atoms with Crippen LogP contribution in [0.1, 0.15) is 25.2 Å². The molecule has 0 amide bonds. The minimum absolute atomic E-state index is 0.167. The Balaban J connectivity index is 1.36. The van der Waals surface area contributed by atoms with Crippen LogP contribution >= 0.6 is 0 Å². The van der Waals surface area contributed by atoms with Crippen molar-refractivity contribution < 1.29 is 9.13 Å². The van der Waals surface area contributed by atoms with Crippen LogP contribution in [0.25, 0.3) is 16.6 Å². The molecule has 0 atom stereocenters. The Morgan fingerprint density at radius 3 is 2.70 bits per heavy atom. The normalized spacial score (nSPS) is 14.4. The van der Waals surface area contributed by atoms with Crippen LogP contribution < -0.4 is 10.3 Å². The van der Waals surface area contributed by atoms with Crippen LogP contribution in [0.4, 0.5) is 4.39 Å². The average molecular weight is 447 g/mol. The van der Waals surface area contributed by atoms with E-state index in [9.17, 15) is 9.18 Å². The summed E-state index contributed by atoms with van der Waals surface area (Å²) in [6.45, 7) is 7.75. The van der Waals surface area contributed by atoms with Crippen molar-refractivity contribution in [2.24, 2.45) is 0 Å². The fourth-order valence-electron chi connectivity index (χ4n) is 4.46. The van der Waals surface area contributed by atoms with Crippen molar-refractivity contribution in [3.8, 4) is 11.4 Å². The van der Waals surface area contributed by atoms with E-state index in [1.807, 2.05) is 6.07 Å². The number of benzene rings is 1. The molecule has 0 unspecified atom stereocenters. The molecule has 0 aliphatic carbocycles. The van der Waals surface area contributed by atoms with Gasteiger partial charge in [0.15, 0.2) is 0 Å². The van der Waals surface area contributed by atoms with Gasteiger partial charge < -0.3 is 9.30 Å². The number of aromatic nitrogens is 3. The van der Waals surface area contributed by atoms with Crippen LogP contribution in [0.2, 0.25) is 0 Å². The minimum atomic E-state index is -0.393. The smallest absolute Gasteiger partial charge is 0.258 e. The third-order valence-electron chi connectivity index (χ3n) is 6.31. The Morgan fingerprint density at radius 2 is 1.94 bits per heavy atom. The van der Waals surface area contributed by atoms with Gasteiger partial charge in [-0.25, -0.2) is 4.39 Å². The summed E-state index contributed by atoms with van der Waals surface area (Å²) in [6, 6.07) is 15.1. The molecule has 4 heterocycles. The second-order valence-corrected chi connectivity index (χ2v) is 8.74. The molecule has 0 spiro atoms. The van der Waals surface area contributed by atoms with Gasteiger partial charge in [-0.3, -0.25) is 19.2 Å². The zero-order valence-electron chi connectivity index (χ0n) is 18.9. The summed E-state index contributed by atoms with van der Waals surface area (Å²) in [4.78, 5) is 19.3. The van der Waals surface area contributed by atoms with Gasteiger partial charge in [-0.2, -0.15) is 0 Å². The van der Waals surface area contributed by atoms with Crippen LogP contribution in [0, 0.1) is 5.82 Å². The van der Waals surface area contributed by atoms with Crippen LogP contribution in [0.5, 0.6) is 5.75 Å². The number of pyridine rings is 2. The molecule has 0 N–H and O–H groups in total. The van der Waals surface area contributed by atoms with E-state index in [1.165, 1.54) is 23.3 Å². The maximum absolute atomic E-state index is 13.0. The van der Waals surface area contributed by atoms with Gasteiger partial charge in [-0.1, -0.05) is 0 Å². The molecule has 3 aromatic heterocycles. The summed E-state index contributed by atoms with van der Waals surface area (Å²) >= 11 is 0. The lowest BCUT2D eigenvalue weighted by atomic mass is 10.2. The van der Waals surface area contributed by atoms with Gasteiger partial charge in [0, 0.05) is 66.6 Å². The van der Waals surface area contributed by atoms with Gasteiger partial charge in [0.25, 0.3) is 5.56 Å². The number of hydrogen-bond donors (Lipinski definition) is 0. The number of fused-ring (bicyclic) bond motifs is 3. The zero-order chi connectivity index (χ0) is 22.9. The fraction of sp³-hybridized carbons (Fsp3) is 0.308. The van der Waals surface area contributed by atoms with Crippen molar-refractivity contribution in [2.45, 2.75) is 39.5 Å². The first-order valence-electron chi connectivity index (χ1n) is 11.3. The predicted molar refractivity (Wildman–Crippen MR) is 126 cm³/mol. The lowest BCUT2D eigenvalue weighted by Gasteiger charge is -2.23. The predicted octanol–water partition coefficient (Wildman–Crippen LogP) is 4.17. The first kappa shape index (κ1) is 21.4. The molecule has 1 aliphatic rings. The number of ether oxygens (including phenoxy) is 1. The van der Waals surface area contributed by atoms with Gasteiger partial charge in [-0.05, 0) is 56.3 Å². The lowest BCUT2D eigenvalue weighted by molar-refractivity contribution is 0.227. The quantitative estimate of drug-likeness (QED) is 0.462. The van der Waals surface area contributed by atoms with Gasteiger partial charge in [-0.15, -0.1) is 0 Å². The van der Waals surface area contributed by atoms with Crippen molar-refractivity contribution in [3.63, 3.8) is 0 Å². The van der Waals surface area contributed by atoms with E-state index >= 15 is 0 Å². The molecule has 7 heteroatoms. The summed E-state index contributed by atoms with van der Waals surface area (Å²) in [7, 11) is 0. The van der Waals surface area contributed by atoms with Crippen LogP contribution in [-0.2, 0) is 19.6 Å². The summed E-state index contributed by atoms with van der Waals surface area (Å²) in [6.07, 6.45) is 3.89. The highest BCUT2D eigenvalue weighted by molar-refractivity contribution is 5.83. The molecule has 0 saturated carbocycles. The highest BCUT2D eigenvalue weighted by Gasteiger charge is 2.18. The van der Waals surface area contributed by atoms with E-state index in [2.05, 4.69) is 46.5 Å². The van der Waals surface area contributed by atoms with Gasteiger partial charge >= 0.3 is 0 Å². The third-order valence-corrected chi connectivity index (χ3v) is 6.31. The monoisotopic (exact) mass is 446 g/mol. The van der Waals surface area contributed by atoms with Crippen LogP contribution in [0.15, 0.2) is 65.7 Å². The molecule has 0 saturated heterocycles. The maximum atomic E-state index is 13.0. The third kappa shape index (κ3) is 4.41. The second kappa shape index (κ2) is 8.83. The molecular weight excluding hydrogens is 419 g/mol. The molecule has 0 fully saturated rings. The molecule has 1 aromatic carbocycles. The van der Waals surface area contributed by atoms with Crippen LogP contribution in [-0.4, -0.2) is 38.1 Å². The first-order chi connectivity index (χ1) is 16.0. The van der Waals surface area contributed by atoms with Gasteiger partial charge in [0.05, 0.1) is 11.9 Å². The number of hydrogen-bond acceptors (Lipinski definition) is 4. The maximum Gasteiger partial charge on any atom is 0.258 e. The zero-order valence-corrected chi connectivity index (χ0v) is 18.9. The Hall–Kier alpha value is -3.45. The van der Waals surface area contributed by atoms with Gasteiger partial charge in [0.1, 0.15) is 18.2 Å². The molecule has 33 heavy (non-hydrogen) atoms. The molecule has 0 bridgehead atoms. The Bertz CT molecular complexity index is 1340. The van der Waals surface area contributed by atoms with Crippen molar-refractivity contribution in [2.75, 3.05) is 13.1 Å². The molecule has 4 aromatic rings. The Labute approximate surface area is 191 Å². The van der Waals surface area contributed by atoms with Crippen molar-refractivity contribution in [1.82, 2.24) is 19.0 Å². The topological polar surface area (TPSA) is 52.3 Å². The first-order valence-corrected chi connectivity index (χ1v) is 11.3. The molecule has 0 radical (unpaired) electrons. The van der Waals surface area contributed by atoms with E-state index in [0.717, 1.165) is 43.3 Å². The van der Waals surface area contributed by atoms with Gasteiger partial charge in [0.2, 0.25) is 0 Å². The highest BCUT2D eigenvalue weighted by Crippen LogP contribution is 2.25. The fourth-order valence-corrected chi connectivity index (χ4v) is 4.46. The molecule has 170 valence electrons.